The lowest BCUT2D eigenvalue weighted by Crippen LogP contribution is -2.67. The molecule has 3 aromatic carbocycles. The highest BCUT2D eigenvalue weighted by Gasteiger charge is 2.53. The SMILES string of the molecule is COc1cc(OC)cc(C(=O)N2C(=S)N(c3ccccc3)[C@@]3(C)C[C@@H]2c2ccccc2O3)c1. The van der Waals surface area contributed by atoms with Crippen molar-refractivity contribution in [3.05, 3.63) is 83.9 Å². The number of carbonyl (C=O) groups is 1. The van der Waals surface area contributed by atoms with Crippen LogP contribution in [-0.2, 0) is 0 Å². The van der Waals surface area contributed by atoms with Crippen LogP contribution in [0.3, 0.4) is 0 Å². The van der Waals surface area contributed by atoms with Crippen LogP contribution in [0.2, 0.25) is 0 Å². The van der Waals surface area contributed by atoms with E-state index in [-0.39, 0.29) is 11.9 Å². The van der Waals surface area contributed by atoms with Gasteiger partial charge in [0.25, 0.3) is 5.91 Å². The van der Waals surface area contributed by atoms with Crippen LogP contribution in [0.4, 0.5) is 5.69 Å². The fourth-order valence-electron chi connectivity index (χ4n) is 4.67. The van der Waals surface area contributed by atoms with Gasteiger partial charge in [0.05, 0.1) is 20.3 Å². The number of para-hydroxylation sites is 2. The number of hydrogen-bond donors (Lipinski definition) is 0. The van der Waals surface area contributed by atoms with E-state index in [4.69, 9.17) is 26.4 Å². The second-order valence-corrected chi connectivity index (χ2v) is 8.63. The number of hydrogen-bond acceptors (Lipinski definition) is 5. The van der Waals surface area contributed by atoms with Gasteiger partial charge in [-0.05, 0) is 49.5 Å². The van der Waals surface area contributed by atoms with Gasteiger partial charge in [-0.3, -0.25) is 14.6 Å². The number of benzene rings is 3. The van der Waals surface area contributed by atoms with Crippen molar-refractivity contribution in [2.75, 3.05) is 19.1 Å². The minimum atomic E-state index is -0.736. The summed E-state index contributed by atoms with van der Waals surface area (Å²) in [6, 6.07) is 22.5. The fraction of sp³-hybridized carbons (Fsp3) is 0.231. The molecule has 3 aromatic rings. The second kappa shape index (κ2) is 8.08. The smallest absolute Gasteiger partial charge is 0.260 e. The van der Waals surface area contributed by atoms with Crippen LogP contribution >= 0.6 is 12.2 Å². The summed E-state index contributed by atoms with van der Waals surface area (Å²) in [5, 5.41) is 0.390. The Morgan fingerprint density at radius 3 is 2.30 bits per heavy atom. The van der Waals surface area contributed by atoms with Crippen LogP contribution in [0, 0.1) is 0 Å². The van der Waals surface area contributed by atoms with Gasteiger partial charge >= 0.3 is 0 Å². The summed E-state index contributed by atoms with van der Waals surface area (Å²) >= 11 is 5.97. The van der Waals surface area contributed by atoms with E-state index >= 15 is 0 Å². The first-order valence-corrected chi connectivity index (χ1v) is 11.1. The van der Waals surface area contributed by atoms with Gasteiger partial charge in [0.15, 0.2) is 10.8 Å². The number of amides is 1. The molecule has 1 saturated heterocycles. The number of fused-ring (bicyclic) bond motifs is 4. The first-order valence-electron chi connectivity index (χ1n) is 10.7. The largest absolute Gasteiger partial charge is 0.497 e. The quantitative estimate of drug-likeness (QED) is 0.500. The first-order chi connectivity index (χ1) is 15.9. The Morgan fingerprint density at radius 2 is 1.64 bits per heavy atom. The predicted octanol–water partition coefficient (Wildman–Crippen LogP) is 5.19. The van der Waals surface area contributed by atoms with Gasteiger partial charge in [-0.1, -0.05) is 36.4 Å². The molecular formula is C26H24N2O4S. The van der Waals surface area contributed by atoms with Gasteiger partial charge in [0, 0.05) is 29.3 Å². The Labute approximate surface area is 198 Å². The molecule has 1 amide bonds. The molecule has 0 unspecified atom stereocenters. The molecular weight excluding hydrogens is 436 g/mol. The molecule has 2 heterocycles. The highest BCUT2D eigenvalue weighted by molar-refractivity contribution is 7.80. The van der Waals surface area contributed by atoms with Gasteiger partial charge in [-0.15, -0.1) is 0 Å². The number of rotatable bonds is 4. The number of nitrogens with zero attached hydrogens (tertiary/aromatic N) is 2. The van der Waals surface area contributed by atoms with E-state index in [0.29, 0.717) is 28.6 Å². The van der Waals surface area contributed by atoms with Crippen LogP contribution < -0.4 is 19.1 Å². The van der Waals surface area contributed by atoms with Crippen LogP contribution in [-0.4, -0.2) is 35.9 Å². The van der Waals surface area contributed by atoms with Crippen LogP contribution in [0.25, 0.3) is 0 Å². The maximum Gasteiger partial charge on any atom is 0.260 e. The summed E-state index contributed by atoms with van der Waals surface area (Å²) in [5.41, 5.74) is 1.51. The maximum absolute atomic E-state index is 14.0. The van der Waals surface area contributed by atoms with Crippen LogP contribution in [0.1, 0.15) is 35.3 Å². The molecule has 2 aliphatic heterocycles. The molecule has 0 radical (unpaired) electrons. The topological polar surface area (TPSA) is 51.2 Å². The predicted molar refractivity (Wildman–Crippen MR) is 130 cm³/mol. The molecule has 0 aromatic heterocycles. The van der Waals surface area contributed by atoms with E-state index in [9.17, 15) is 4.79 Å². The minimum absolute atomic E-state index is 0.220. The fourth-order valence-corrected chi connectivity index (χ4v) is 5.17. The molecule has 0 saturated carbocycles. The summed E-state index contributed by atoms with van der Waals surface area (Å²) in [4.78, 5) is 17.6. The molecule has 168 valence electrons. The van der Waals surface area contributed by atoms with Crippen molar-refractivity contribution in [1.82, 2.24) is 4.90 Å². The Hall–Kier alpha value is -3.58. The lowest BCUT2D eigenvalue weighted by molar-refractivity contribution is 0.0184. The van der Waals surface area contributed by atoms with E-state index in [1.54, 1.807) is 37.3 Å². The number of thiocarbonyl (C=S) groups is 1. The van der Waals surface area contributed by atoms with Crippen molar-refractivity contribution in [2.45, 2.75) is 25.1 Å². The molecule has 0 aliphatic carbocycles. The number of methoxy groups -OCH3 is 2. The Morgan fingerprint density at radius 1 is 1.00 bits per heavy atom. The molecule has 5 rings (SSSR count). The van der Waals surface area contributed by atoms with Gasteiger partial charge in [-0.2, -0.15) is 0 Å². The maximum atomic E-state index is 14.0. The lowest BCUT2D eigenvalue weighted by Gasteiger charge is -2.55. The van der Waals surface area contributed by atoms with E-state index < -0.39 is 5.72 Å². The Balaban J connectivity index is 1.66. The Kier molecular flexibility index (Phi) is 5.21. The number of anilines is 1. The zero-order chi connectivity index (χ0) is 23.2. The Bertz CT molecular complexity index is 1210. The molecule has 33 heavy (non-hydrogen) atoms. The van der Waals surface area contributed by atoms with Gasteiger partial charge in [0.2, 0.25) is 0 Å². The average molecular weight is 461 g/mol. The summed E-state index contributed by atoms with van der Waals surface area (Å²) in [5.74, 6) is 1.61. The standard InChI is InChI=1S/C26H24N2O4S/c1-26-16-22(21-11-7-8-12-23(21)32-26)27(25(33)28(26)18-9-5-4-6-10-18)24(29)17-13-19(30-2)15-20(14-17)31-3/h4-15,22H,16H2,1-3H3/t22-,26-/m1/s1. The summed E-state index contributed by atoms with van der Waals surface area (Å²) < 4.78 is 17.3. The molecule has 2 aliphatic rings. The van der Waals surface area contributed by atoms with Gasteiger partial charge in [-0.25, -0.2) is 0 Å². The molecule has 0 N–H and O–H groups in total. The monoisotopic (exact) mass is 460 g/mol. The highest BCUT2D eigenvalue weighted by Crippen LogP contribution is 2.49. The van der Waals surface area contributed by atoms with E-state index in [0.717, 1.165) is 17.0 Å². The lowest BCUT2D eigenvalue weighted by atomic mass is 9.88. The highest BCUT2D eigenvalue weighted by atomic mass is 32.1. The number of carbonyl (C=O) groups excluding carboxylic acids is 1. The third-order valence-corrected chi connectivity index (χ3v) is 6.57. The van der Waals surface area contributed by atoms with Gasteiger partial charge < -0.3 is 14.2 Å². The third kappa shape index (κ3) is 3.49. The van der Waals surface area contributed by atoms with Crippen molar-refractivity contribution in [3.8, 4) is 17.2 Å². The van der Waals surface area contributed by atoms with Crippen LogP contribution in [0.15, 0.2) is 72.8 Å². The summed E-state index contributed by atoms with van der Waals surface area (Å²) in [7, 11) is 3.12. The summed E-state index contributed by atoms with van der Waals surface area (Å²) in [6.07, 6.45) is 0.561. The molecule has 2 atom stereocenters. The summed E-state index contributed by atoms with van der Waals surface area (Å²) in [6.45, 7) is 2.02. The van der Waals surface area contributed by atoms with Crippen LogP contribution in [0.5, 0.6) is 17.2 Å². The normalized spacial score (nSPS) is 21.2. The van der Waals surface area contributed by atoms with Crippen molar-refractivity contribution in [1.29, 1.82) is 0 Å². The second-order valence-electron chi connectivity index (χ2n) is 8.26. The van der Waals surface area contributed by atoms with E-state index in [1.807, 2.05) is 66.4 Å². The van der Waals surface area contributed by atoms with Crippen molar-refractivity contribution < 1.29 is 19.0 Å². The number of ether oxygens (including phenoxy) is 3. The molecule has 7 heteroatoms. The minimum Gasteiger partial charge on any atom is -0.497 e. The average Bonchev–Trinajstić information content (AvgIpc) is 2.83. The van der Waals surface area contributed by atoms with Crippen molar-refractivity contribution >= 4 is 28.9 Å². The molecule has 0 spiro atoms. The van der Waals surface area contributed by atoms with Crippen molar-refractivity contribution in [2.24, 2.45) is 0 Å². The van der Waals surface area contributed by atoms with Gasteiger partial charge in [0.1, 0.15) is 17.2 Å². The van der Waals surface area contributed by atoms with E-state index in [2.05, 4.69) is 0 Å². The molecule has 2 bridgehead atoms. The first kappa shape index (κ1) is 21.3. The molecule has 1 fully saturated rings. The zero-order valence-corrected chi connectivity index (χ0v) is 19.5. The molecule has 6 nitrogen and oxygen atoms in total. The van der Waals surface area contributed by atoms with E-state index in [1.165, 1.54) is 0 Å². The zero-order valence-electron chi connectivity index (χ0n) is 18.6. The third-order valence-electron chi connectivity index (χ3n) is 6.19. The van der Waals surface area contributed by atoms with Crippen molar-refractivity contribution in [3.63, 3.8) is 0 Å².